The maximum absolute atomic E-state index is 3.99. The lowest BCUT2D eigenvalue weighted by Crippen LogP contribution is -2.39. The number of likely N-dealkylation sites (tertiary alicyclic amines) is 1. The van der Waals surface area contributed by atoms with E-state index in [4.69, 9.17) is 0 Å². The molecule has 1 unspecified atom stereocenters. The van der Waals surface area contributed by atoms with E-state index in [0.717, 1.165) is 12.0 Å². The number of hydrogen-bond acceptors (Lipinski definition) is 2. The molecule has 1 heterocycles. The van der Waals surface area contributed by atoms with Crippen molar-refractivity contribution in [2.24, 2.45) is 11.3 Å². The maximum Gasteiger partial charge on any atom is 0.00799 e. The van der Waals surface area contributed by atoms with Crippen LogP contribution in [0.4, 0.5) is 0 Å². The minimum absolute atomic E-state index is 0.629. The molecular weight excluding hydrogens is 256 g/mol. The van der Waals surface area contributed by atoms with E-state index in [-0.39, 0.29) is 0 Å². The monoisotopic (exact) mass is 294 g/mol. The molecule has 124 valence electrons. The van der Waals surface area contributed by atoms with Gasteiger partial charge in [-0.05, 0) is 75.9 Å². The lowest BCUT2D eigenvalue weighted by Gasteiger charge is -2.33. The summed E-state index contributed by atoms with van der Waals surface area (Å²) in [6.45, 7) is 12.3. The minimum Gasteiger partial charge on any atom is -0.313 e. The summed E-state index contributed by atoms with van der Waals surface area (Å²) >= 11 is 0. The van der Waals surface area contributed by atoms with Gasteiger partial charge in [-0.25, -0.2) is 0 Å². The van der Waals surface area contributed by atoms with Gasteiger partial charge in [0.2, 0.25) is 0 Å². The lowest BCUT2D eigenvalue weighted by atomic mass is 9.78. The van der Waals surface area contributed by atoms with E-state index in [9.17, 15) is 0 Å². The Kier molecular flexibility index (Phi) is 7.01. The largest absolute Gasteiger partial charge is 0.313 e. The van der Waals surface area contributed by atoms with Gasteiger partial charge in [0.15, 0.2) is 0 Å². The van der Waals surface area contributed by atoms with Crippen molar-refractivity contribution in [3.63, 3.8) is 0 Å². The molecule has 1 saturated heterocycles. The fraction of sp³-hybridized carbons (Fsp3) is 1.00. The van der Waals surface area contributed by atoms with Crippen LogP contribution in [0, 0.1) is 11.3 Å². The molecule has 0 spiro atoms. The molecule has 2 rings (SSSR count). The molecule has 2 heteroatoms. The van der Waals surface area contributed by atoms with Crippen LogP contribution < -0.4 is 5.32 Å². The first-order chi connectivity index (χ1) is 10.1. The van der Waals surface area contributed by atoms with E-state index in [2.05, 4.69) is 31.0 Å². The molecule has 1 saturated carbocycles. The van der Waals surface area contributed by atoms with E-state index in [1.807, 2.05) is 0 Å². The van der Waals surface area contributed by atoms with E-state index < -0.39 is 0 Å². The highest BCUT2D eigenvalue weighted by Crippen LogP contribution is 2.42. The van der Waals surface area contributed by atoms with Crippen molar-refractivity contribution in [3.05, 3.63) is 0 Å². The number of rotatable bonds is 7. The highest BCUT2D eigenvalue weighted by Gasteiger charge is 2.34. The number of nitrogens with zero attached hydrogens (tertiary/aromatic N) is 1. The van der Waals surface area contributed by atoms with E-state index >= 15 is 0 Å². The molecule has 1 atom stereocenters. The van der Waals surface area contributed by atoms with Gasteiger partial charge < -0.3 is 10.2 Å². The molecule has 1 aliphatic heterocycles. The van der Waals surface area contributed by atoms with Gasteiger partial charge in [0, 0.05) is 12.6 Å². The lowest BCUT2D eigenvalue weighted by molar-refractivity contribution is 0.210. The van der Waals surface area contributed by atoms with E-state index in [1.54, 1.807) is 0 Å². The van der Waals surface area contributed by atoms with Gasteiger partial charge >= 0.3 is 0 Å². The predicted octanol–water partition coefficient (Wildman–Crippen LogP) is 4.45. The summed E-state index contributed by atoms with van der Waals surface area (Å²) in [6.07, 6.45) is 12.7. The van der Waals surface area contributed by atoms with Crippen molar-refractivity contribution in [2.75, 3.05) is 26.2 Å². The van der Waals surface area contributed by atoms with Gasteiger partial charge in [0.1, 0.15) is 0 Å². The first kappa shape index (κ1) is 17.3. The average Bonchev–Trinajstić information content (AvgIpc) is 2.77. The summed E-state index contributed by atoms with van der Waals surface area (Å²) < 4.78 is 0. The van der Waals surface area contributed by atoms with Gasteiger partial charge in [0.25, 0.3) is 0 Å². The Morgan fingerprint density at radius 1 is 1.10 bits per heavy atom. The topological polar surface area (TPSA) is 15.3 Å². The second kappa shape index (κ2) is 8.53. The van der Waals surface area contributed by atoms with Gasteiger partial charge in [-0.3, -0.25) is 0 Å². The molecule has 2 nitrogen and oxygen atoms in total. The Morgan fingerprint density at radius 2 is 1.86 bits per heavy atom. The third kappa shape index (κ3) is 5.56. The molecule has 0 aromatic carbocycles. The molecule has 1 N–H and O–H groups in total. The van der Waals surface area contributed by atoms with Crippen LogP contribution in [-0.2, 0) is 0 Å². The Morgan fingerprint density at radius 3 is 2.52 bits per heavy atom. The first-order valence-corrected chi connectivity index (χ1v) is 9.59. The van der Waals surface area contributed by atoms with Crippen LogP contribution >= 0.6 is 0 Å². The van der Waals surface area contributed by atoms with Gasteiger partial charge in [-0.1, -0.05) is 33.6 Å². The zero-order valence-electron chi connectivity index (χ0n) is 14.8. The molecule has 21 heavy (non-hydrogen) atoms. The SMILES string of the molecule is CCCN1CCCC(NCC2(CC(C)C)CCCC2)CC1. The predicted molar refractivity (Wildman–Crippen MR) is 92.7 cm³/mol. The Hall–Kier alpha value is -0.0800. The van der Waals surface area contributed by atoms with Gasteiger partial charge in [-0.2, -0.15) is 0 Å². The van der Waals surface area contributed by atoms with Crippen molar-refractivity contribution in [1.29, 1.82) is 0 Å². The van der Waals surface area contributed by atoms with E-state index in [0.29, 0.717) is 5.41 Å². The smallest absolute Gasteiger partial charge is 0.00799 e. The van der Waals surface area contributed by atoms with Crippen molar-refractivity contribution in [1.82, 2.24) is 10.2 Å². The van der Waals surface area contributed by atoms with Gasteiger partial charge in [0.05, 0.1) is 0 Å². The number of hydrogen-bond donors (Lipinski definition) is 1. The molecule has 2 fully saturated rings. The second-order valence-electron chi connectivity index (χ2n) is 8.16. The highest BCUT2D eigenvalue weighted by molar-refractivity contribution is 4.89. The van der Waals surface area contributed by atoms with Crippen molar-refractivity contribution in [3.8, 4) is 0 Å². The van der Waals surface area contributed by atoms with Crippen LogP contribution in [0.2, 0.25) is 0 Å². The standard InChI is InChI=1S/C19H38N2/c1-4-12-21-13-7-8-18(9-14-21)20-16-19(15-17(2)3)10-5-6-11-19/h17-18,20H,4-16H2,1-3H3. The Balaban J connectivity index is 1.78. The van der Waals surface area contributed by atoms with E-state index in [1.165, 1.54) is 84.0 Å². The summed E-state index contributed by atoms with van der Waals surface area (Å²) in [7, 11) is 0. The Bertz CT molecular complexity index is 281. The van der Waals surface area contributed by atoms with Gasteiger partial charge in [-0.15, -0.1) is 0 Å². The summed E-state index contributed by atoms with van der Waals surface area (Å²) in [5.74, 6) is 0.846. The molecule has 2 aliphatic rings. The maximum atomic E-state index is 3.99. The fourth-order valence-corrected chi connectivity index (χ4v) is 4.70. The van der Waals surface area contributed by atoms with Crippen LogP contribution in [0.1, 0.15) is 78.6 Å². The van der Waals surface area contributed by atoms with Crippen molar-refractivity contribution < 1.29 is 0 Å². The zero-order chi connectivity index (χ0) is 15.1. The third-order valence-corrected chi connectivity index (χ3v) is 5.63. The van der Waals surface area contributed by atoms with Crippen molar-refractivity contribution >= 4 is 0 Å². The highest BCUT2D eigenvalue weighted by atomic mass is 15.1. The summed E-state index contributed by atoms with van der Waals surface area (Å²) in [5, 5.41) is 3.99. The summed E-state index contributed by atoms with van der Waals surface area (Å²) in [5.41, 5.74) is 0.629. The normalized spacial score (nSPS) is 27.1. The molecule has 0 aromatic heterocycles. The first-order valence-electron chi connectivity index (χ1n) is 9.59. The molecule has 1 aliphatic carbocycles. The second-order valence-corrected chi connectivity index (χ2v) is 8.16. The molecular formula is C19H38N2. The van der Waals surface area contributed by atoms with Crippen LogP contribution in [0.25, 0.3) is 0 Å². The van der Waals surface area contributed by atoms with Crippen molar-refractivity contribution in [2.45, 2.75) is 84.6 Å². The third-order valence-electron chi connectivity index (χ3n) is 5.63. The van der Waals surface area contributed by atoms with Crippen LogP contribution in [0.15, 0.2) is 0 Å². The summed E-state index contributed by atoms with van der Waals surface area (Å²) in [4.78, 5) is 2.67. The van der Waals surface area contributed by atoms with Crippen LogP contribution in [-0.4, -0.2) is 37.1 Å². The minimum atomic E-state index is 0.629. The molecule has 0 radical (unpaired) electrons. The van der Waals surface area contributed by atoms with Crippen LogP contribution in [0.3, 0.4) is 0 Å². The molecule has 0 bridgehead atoms. The summed E-state index contributed by atoms with van der Waals surface area (Å²) in [6, 6.07) is 0.775. The molecule has 0 amide bonds. The Labute approximate surface area is 133 Å². The average molecular weight is 295 g/mol. The molecule has 0 aromatic rings. The zero-order valence-corrected chi connectivity index (χ0v) is 14.8. The van der Waals surface area contributed by atoms with Crippen LogP contribution in [0.5, 0.6) is 0 Å². The fourth-order valence-electron chi connectivity index (χ4n) is 4.70. The number of nitrogens with one attached hydrogen (secondary N) is 1. The quantitative estimate of drug-likeness (QED) is 0.746.